The second-order valence-electron chi connectivity index (χ2n) is 11.1. The van der Waals surface area contributed by atoms with Crippen LogP contribution in [0.1, 0.15) is 51.5 Å². The van der Waals surface area contributed by atoms with E-state index in [1.54, 1.807) is 31.4 Å². The Kier molecular flexibility index (Phi) is 11.1. The van der Waals surface area contributed by atoms with Gasteiger partial charge in [-0.25, -0.2) is 18.4 Å². The van der Waals surface area contributed by atoms with Gasteiger partial charge in [-0.3, -0.25) is 10.1 Å². The van der Waals surface area contributed by atoms with E-state index in [-0.39, 0.29) is 34.1 Å². The molecule has 2 aromatic heterocycles. The number of thiazole rings is 1. The number of pyridine rings is 1. The molecule has 4 rings (SSSR count). The third-order valence-electron chi connectivity index (χ3n) is 6.87. The number of carbonyl (C=O) groups is 1. The highest BCUT2D eigenvalue weighted by Crippen LogP contribution is 2.28. The summed E-state index contributed by atoms with van der Waals surface area (Å²) < 4.78 is 41.5. The molecule has 1 saturated carbocycles. The van der Waals surface area contributed by atoms with E-state index in [1.165, 1.54) is 30.6 Å². The second kappa shape index (κ2) is 14.5. The molecular weight excluding hydrogens is 594 g/mol. The highest BCUT2D eigenvalue weighted by Gasteiger charge is 2.27. The van der Waals surface area contributed by atoms with Crippen LogP contribution in [-0.2, 0) is 28.9 Å². The number of nitrogens with zero attached hydrogens (tertiary/aromatic N) is 3. The van der Waals surface area contributed by atoms with Gasteiger partial charge in [-0.2, -0.15) is 0 Å². The van der Waals surface area contributed by atoms with Gasteiger partial charge in [-0.05, 0) is 57.7 Å². The lowest BCUT2D eigenvalue weighted by Gasteiger charge is -2.17. The second-order valence-corrected chi connectivity index (χ2v) is 14.1. The molecule has 0 aliphatic heterocycles. The zero-order valence-corrected chi connectivity index (χ0v) is 26.5. The zero-order valence-electron chi connectivity index (χ0n) is 24.9. The van der Waals surface area contributed by atoms with Crippen molar-refractivity contribution in [2.45, 2.75) is 68.6 Å². The smallest absolute Gasteiger partial charge is 0.280 e. The predicted molar refractivity (Wildman–Crippen MR) is 165 cm³/mol. The van der Waals surface area contributed by atoms with Crippen molar-refractivity contribution < 1.29 is 32.3 Å². The summed E-state index contributed by atoms with van der Waals surface area (Å²) in [6.45, 7) is 4.62. The molecular formula is C29H39N5O7S2. The van der Waals surface area contributed by atoms with Crippen LogP contribution in [0.2, 0.25) is 0 Å². The first-order valence-corrected chi connectivity index (χ1v) is 16.5. The van der Waals surface area contributed by atoms with Crippen molar-refractivity contribution in [1.82, 2.24) is 9.97 Å². The minimum absolute atomic E-state index is 0.00941. The molecule has 1 aliphatic carbocycles. The van der Waals surface area contributed by atoms with E-state index in [9.17, 15) is 13.2 Å². The number of ether oxygens (including phenoxy) is 3. The van der Waals surface area contributed by atoms with Gasteiger partial charge in [-0.1, -0.05) is 28.6 Å². The molecule has 12 nitrogen and oxygen atoms in total. The van der Waals surface area contributed by atoms with Gasteiger partial charge < -0.3 is 24.8 Å². The third-order valence-corrected chi connectivity index (χ3v) is 9.57. The van der Waals surface area contributed by atoms with E-state index in [4.69, 9.17) is 24.8 Å². The summed E-state index contributed by atoms with van der Waals surface area (Å²) in [5.74, 6) is -0.161. The van der Waals surface area contributed by atoms with Crippen molar-refractivity contribution in [3.63, 3.8) is 0 Å². The number of oxime groups is 1. The number of sulfone groups is 1. The normalized spacial score (nSPS) is 17.7. The van der Waals surface area contributed by atoms with Crippen LogP contribution in [0.3, 0.4) is 0 Å². The van der Waals surface area contributed by atoms with E-state index in [2.05, 4.69) is 20.4 Å². The molecule has 3 N–H and O–H groups in total. The number of hydrogen-bond donors (Lipinski definition) is 2. The van der Waals surface area contributed by atoms with Crippen LogP contribution in [0, 0.1) is 0 Å². The topological polar surface area (TPSA) is 164 Å². The largest absolute Gasteiger partial charge is 0.478 e. The molecule has 1 aromatic carbocycles. The van der Waals surface area contributed by atoms with Gasteiger partial charge >= 0.3 is 0 Å². The quantitative estimate of drug-likeness (QED) is 0.142. The van der Waals surface area contributed by atoms with Crippen molar-refractivity contribution in [1.29, 1.82) is 0 Å². The van der Waals surface area contributed by atoms with Crippen molar-refractivity contribution in [3.05, 3.63) is 42.0 Å². The summed E-state index contributed by atoms with van der Waals surface area (Å²) in [6, 6.07) is 9.51. The summed E-state index contributed by atoms with van der Waals surface area (Å²) >= 11 is 1.19. The monoisotopic (exact) mass is 633 g/mol. The Morgan fingerprint density at radius 2 is 1.84 bits per heavy atom. The predicted octanol–water partition coefficient (Wildman–Crippen LogP) is 3.93. The SMILES string of the molecule is COCCCS(=O)(=O)c1ccc(C(=NO[C@@H]2CC[C@@H](OC)C2)C(=O)Nc2nc3ccc(OCCC(C)(C)N)nc3s2)cc1. The fraction of sp³-hybridized carbons (Fsp3) is 0.517. The van der Waals surface area contributed by atoms with E-state index in [0.717, 1.165) is 12.8 Å². The number of carbonyl (C=O) groups excluding carboxylic acids is 1. The van der Waals surface area contributed by atoms with Crippen molar-refractivity contribution >= 4 is 48.3 Å². The van der Waals surface area contributed by atoms with Gasteiger partial charge in [0.25, 0.3) is 5.91 Å². The molecule has 0 bridgehead atoms. The molecule has 43 heavy (non-hydrogen) atoms. The molecule has 1 aliphatic rings. The summed E-state index contributed by atoms with van der Waals surface area (Å²) in [7, 11) is -0.326. The van der Waals surface area contributed by atoms with Gasteiger partial charge in [0, 0.05) is 44.4 Å². The number of amides is 1. The number of methoxy groups -OCH3 is 2. The Balaban J connectivity index is 1.52. The maximum absolute atomic E-state index is 13.5. The summed E-state index contributed by atoms with van der Waals surface area (Å²) in [4.78, 5) is 29.0. The Labute approximate surface area is 255 Å². The Morgan fingerprint density at radius 1 is 1.09 bits per heavy atom. The molecule has 0 spiro atoms. The van der Waals surface area contributed by atoms with E-state index in [0.29, 0.717) is 59.4 Å². The van der Waals surface area contributed by atoms with Crippen LogP contribution in [-0.4, -0.2) is 80.9 Å². The van der Waals surface area contributed by atoms with Gasteiger partial charge in [0.15, 0.2) is 20.7 Å². The summed E-state index contributed by atoms with van der Waals surface area (Å²) in [5, 5.41) is 7.34. The highest BCUT2D eigenvalue weighted by atomic mass is 32.2. The number of nitrogens with two attached hydrogens (primary N) is 1. The number of nitrogens with one attached hydrogen (secondary N) is 1. The first kappa shape index (κ1) is 32.7. The number of fused-ring (bicyclic) bond motifs is 1. The molecule has 3 aromatic rings. The minimum Gasteiger partial charge on any atom is -0.478 e. The summed E-state index contributed by atoms with van der Waals surface area (Å²) in [5.41, 5.74) is 6.65. The zero-order chi connectivity index (χ0) is 31.0. The molecule has 234 valence electrons. The average molecular weight is 634 g/mol. The maximum Gasteiger partial charge on any atom is 0.280 e. The number of hydrogen-bond acceptors (Lipinski definition) is 12. The van der Waals surface area contributed by atoms with Crippen LogP contribution in [0.15, 0.2) is 46.4 Å². The first-order valence-electron chi connectivity index (χ1n) is 14.1. The van der Waals surface area contributed by atoms with Gasteiger partial charge in [0.05, 0.1) is 23.4 Å². The Hall–Kier alpha value is -3.17. The maximum atomic E-state index is 13.5. The number of anilines is 1. The molecule has 1 amide bonds. The van der Waals surface area contributed by atoms with Crippen LogP contribution >= 0.6 is 11.3 Å². The van der Waals surface area contributed by atoms with Gasteiger partial charge in [0.1, 0.15) is 16.5 Å². The van der Waals surface area contributed by atoms with Crippen LogP contribution in [0.5, 0.6) is 5.88 Å². The van der Waals surface area contributed by atoms with Crippen LogP contribution in [0.25, 0.3) is 10.3 Å². The van der Waals surface area contributed by atoms with E-state index < -0.39 is 15.7 Å². The lowest BCUT2D eigenvalue weighted by molar-refractivity contribution is -0.110. The average Bonchev–Trinajstić information content (AvgIpc) is 3.59. The Bertz CT molecular complexity index is 1520. The van der Waals surface area contributed by atoms with E-state index in [1.807, 2.05) is 13.8 Å². The summed E-state index contributed by atoms with van der Waals surface area (Å²) in [6.07, 6.45) is 3.14. The standard InChI is InChI=1S/C29H39N5O7S2/c1-29(2,30)14-16-40-24-13-12-23-27(32-24)42-28(31-23)33-26(35)25(34-41-21-9-8-20(18-21)39-4)19-6-10-22(11-7-19)43(36,37)17-5-15-38-3/h6-7,10-13,20-21H,5,8-9,14-18,30H2,1-4H3,(H,31,33,35)/t20-,21-/m1/s1. The lowest BCUT2D eigenvalue weighted by Crippen LogP contribution is -2.33. The molecule has 0 radical (unpaired) electrons. The molecule has 0 unspecified atom stereocenters. The van der Waals surface area contributed by atoms with Gasteiger partial charge in [-0.15, -0.1) is 0 Å². The third kappa shape index (κ3) is 9.41. The molecule has 1 fully saturated rings. The molecule has 0 saturated heterocycles. The molecule has 2 heterocycles. The van der Waals surface area contributed by atoms with Crippen molar-refractivity contribution in [2.24, 2.45) is 10.9 Å². The Morgan fingerprint density at radius 3 is 2.51 bits per heavy atom. The fourth-order valence-corrected chi connectivity index (χ4v) is 6.51. The minimum atomic E-state index is -3.51. The van der Waals surface area contributed by atoms with Gasteiger partial charge in [0.2, 0.25) is 5.88 Å². The van der Waals surface area contributed by atoms with Crippen molar-refractivity contribution in [3.8, 4) is 5.88 Å². The highest BCUT2D eigenvalue weighted by molar-refractivity contribution is 7.91. The fourth-order valence-electron chi connectivity index (χ4n) is 4.40. The number of rotatable bonds is 15. The van der Waals surface area contributed by atoms with E-state index >= 15 is 0 Å². The number of benzene rings is 1. The van der Waals surface area contributed by atoms with Crippen LogP contribution < -0.4 is 15.8 Å². The molecule has 2 atom stereocenters. The van der Waals surface area contributed by atoms with Crippen LogP contribution in [0.4, 0.5) is 5.13 Å². The first-order chi connectivity index (χ1) is 20.5. The molecule has 14 heteroatoms. The lowest BCUT2D eigenvalue weighted by atomic mass is 10.0. The van der Waals surface area contributed by atoms with Crippen molar-refractivity contribution in [2.75, 3.05) is 38.5 Å². The number of aromatic nitrogens is 2.